The molecule has 1 aromatic heterocycles. The van der Waals surface area contributed by atoms with Crippen molar-refractivity contribution in [1.82, 2.24) is 10.1 Å². The van der Waals surface area contributed by atoms with E-state index in [9.17, 15) is 4.79 Å². The van der Waals surface area contributed by atoms with E-state index in [-0.39, 0.29) is 24.3 Å². The fourth-order valence-corrected chi connectivity index (χ4v) is 2.56. The van der Waals surface area contributed by atoms with Crippen LogP contribution in [-0.2, 0) is 0 Å². The first kappa shape index (κ1) is 13.1. The van der Waals surface area contributed by atoms with Crippen LogP contribution in [0.5, 0.6) is 0 Å². The van der Waals surface area contributed by atoms with E-state index >= 15 is 0 Å². The van der Waals surface area contributed by atoms with Crippen LogP contribution in [0.15, 0.2) is 10.6 Å². The number of rotatable bonds is 4. The maximum absolute atomic E-state index is 12.3. The highest BCUT2D eigenvalue weighted by atomic mass is 16.5. The number of aliphatic hydroxyl groups excluding tert-OH is 1. The third-order valence-electron chi connectivity index (χ3n) is 3.46. The van der Waals surface area contributed by atoms with Gasteiger partial charge in [-0.1, -0.05) is 24.4 Å². The average Bonchev–Trinajstić information content (AvgIpc) is 2.83. The van der Waals surface area contributed by atoms with Crippen molar-refractivity contribution < 1.29 is 14.4 Å². The quantitative estimate of drug-likeness (QED) is 0.886. The number of aliphatic hydroxyl groups is 1. The van der Waals surface area contributed by atoms with Crippen LogP contribution in [0.2, 0.25) is 0 Å². The Labute approximate surface area is 107 Å². The molecular formula is C13H20N2O3. The van der Waals surface area contributed by atoms with Crippen LogP contribution in [0.4, 0.5) is 0 Å². The van der Waals surface area contributed by atoms with Gasteiger partial charge >= 0.3 is 0 Å². The Morgan fingerprint density at radius 3 is 2.78 bits per heavy atom. The average molecular weight is 252 g/mol. The fraction of sp³-hybridized carbons (Fsp3) is 0.692. The van der Waals surface area contributed by atoms with Gasteiger partial charge in [0.25, 0.3) is 5.91 Å². The Morgan fingerprint density at radius 2 is 2.22 bits per heavy atom. The molecule has 1 amide bonds. The summed E-state index contributed by atoms with van der Waals surface area (Å²) in [4.78, 5) is 14.1. The predicted octanol–water partition coefficient (Wildman–Crippen LogP) is 1.75. The highest BCUT2D eigenvalue weighted by molar-refractivity contribution is 5.91. The zero-order valence-corrected chi connectivity index (χ0v) is 10.8. The molecule has 5 heteroatoms. The Bertz CT molecular complexity index is 397. The number of hydrogen-bond donors (Lipinski definition) is 1. The minimum absolute atomic E-state index is 0.0185. The van der Waals surface area contributed by atoms with Gasteiger partial charge in [-0.05, 0) is 19.8 Å². The summed E-state index contributed by atoms with van der Waals surface area (Å²) in [5.74, 6) is 0.114. The van der Waals surface area contributed by atoms with Crippen molar-refractivity contribution in [2.45, 2.75) is 45.1 Å². The van der Waals surface area contributed by atoms with Crippen molar-refractivity contribution in [3.63, 3.8) is 0 Å². The molecule has 1 fully saturated rings. The van der Waals surface area contributed by atoms with E-state index in [1.807, 2.05) is 0 Å². The number of aromatic nitrogens is 1. The van der Waals surface area contributed by atoms with E-state index in [1.165, 1.54) is 6.42 Å². The van der Waals surface area contributed by atoms with Crippen LogP contribution in [0.1, 0.15) is 48.4 Å². The summed E-state index contributed by atoms with van der Waals surface area (Å²) in [6.07, 6.45) is 5.56. The Kier molecular flexibility index (Phi) is 4.36. The second-order valence-electron chi connectivity index (χ2n) is 4.85. The minimum Gasteiger partial charge on any atom is -0.395 e. The Balaban J connectivity index is 2.10. The van der Waals surface area contributed by atoms with Gasteiger partial charge in [-0.2, -0.15) is 0 Å². The lowest BCUT2D eigenvalue weighted by Gasteiger charge is -2.33. The smallest absolute Gasteiger partial charge is 0.292 e. The van der Waals surface area contributed by atoms with Gasteiger partial charge in [0.1, 0.15) is 0 Å². The number of carbonyl (C=O) groups is 1. The number of amides is 1. The molecule has 5 nitrogen and oxygen atoms in total. The lowest BCUT2D eigenvalue weighted by atomic mass is 9.94. The number of aryl methyl sites for hydroxylation is 1. The van der Waals surface area contributed by atoms with E-state index in [1.54, 1.807) is 17.9 Å². The van der Waals surface area contributed by atoms with Crippen LogP contribution in [-0.4, -0.2) is 40.3 Å². The van der Waals surface area contributed by atoms with Crippen molar-refractivity contribution >= 4 is 5.91 Å². The van der Waals surface area contributed by atoms with Crippen molar-refractivity contribution in [2.75, 3.05) is 13.2 Å². The number of hydrogen-bond acceptors (Lipinski definition) is 4. The fourth-order valence-electron chi connectivity index (χ4n) is 2.56. The van der Waals surface area contributed by atoms with E-state index in [2.05, 4.69) is 5.16 Å². The lowest BCUT2D eigenvalue weighted by molar-refractivity contribution is 0.0544. The van der Waals surface area contributed by atoms with Crippen LogP contribution in [0.3, 0.4) is 0 Å². The van der Waals surface area contributed by atoms with Crippen LogP contribution in [0.25, 0.3) is 0 Å². The third-order valence-corrected chi connectivity index (χ3v) is 3.46. The summed E-state index contributed by atoms with van der Waals surface area (Å²) < 4.78 is 5.02. The molecule has 0 radical (unpaired) electrons. The molecule has 1 aliphatic rings. The molecule has 1 N–H and O–H groups in total. The number of nitrogens with zero attached hydrogens (tertiary/aromatic N) is 2. The maximum atomic E-state index is 12.3. The molecule has 0 saturated heterocycles. The van der Waals surface area contributed by atoms with Gasteiger partial charge in [0.2, 0.25) is 5.76 Å². The highest BCUT2D eigenvalue weighted by Crippen LogP contribution is 2.24. The molecule has 0 atom stereocenters. The molecular weight excluding hydrogens is 232 g/mol. The second kappa shape index (κ2) is 6.00. The monoisotopic (exact) mass is 252 g/mol. The molecule has 1 heterocycles. The molecule has 1 aliphatic carbocycles. The summed E-state index contributed by atoms with van der Waals surface area (Å²) >= 11 is 0. The molecule has 0 aliphatic heterocycles. The van der Waals surface area contributed by atoms with Crippen molar-refractivity contribution in [2.24, 2.45) is 0 Å². The first-order valence-electron chi connectivity index (χ1n) is 6.57. The molecule has 1 aromatic rings. The third kappa shape index (κ3) is 2.90. The zero-order chi connectivity index (χ0) is 13.0. The van der Waals surface area contributed by atoms with Crippen molar-refractivity contribution in [1.29, 1.82) is 0 Å². The minimum atomic E-state index is -0.156. The summed E-state index contributed by atoms with van der Waals surface area (Å²) in [5, 5.41) is 12.9. The summed E-state index contributed by atoms with van der Waals surface area (Å²) in [5.41, 5.74) is 0.700. The molecule has 18 heavy (non-hydrogen) atoms. The van der Waals surface area contributed by atoms with Crippen molar-refractivity contribution in [3.8, 4) is 0 Å². The SMILES string of the molecule is Cc1cc(C(=O)N(CCO)C2CCCCC2)on1. The van der Waals surface area contributed by atoms with Crippen LogP contribution in [0, 0.1) is 6.92 Å². The van der Waals surface area contributed by atoms with Gasteiger partial charge in [-0.25, -0.2) is 0 Å². The van der Waals surface area contributed by atoms with E-state index in [4.69, 9.17) is 9.63 Å². The van der Waals surface area contributed by atoms with E-state index in [0.29, 0.717) is 12.2 Å². The van der Waals surface area contributed by atoms with Gasteiger partial charge in [0, 0.05) is 18.7 Å². The Morgan fingerprint density at radius 1 is 1.50 bits per heavy atom. The molecule has 2 rings (SSSR count). The normalized spacial score (nSPS) is 16.8. The molecule has 1 saturated carbocycles. The maximum Gasteiger partial charge on any atom is 0.292 e. The van der Waals surface area contributed by atoms with Gasteiger partial charge in [0.05, 0.1) is 12.3 Å². The van der Waals surface area contributed by atoms with Gasteiger partial charge < -0.3 is 14.5 Å². The largest absolute Gasteiger partial charge is 0.395 e. The van der Waals surface area contributed by atoms with Gasteiger partial charge in [-0.15, -0.1) is 0 Å². The molecule has 0 unspecified atom stereocenters. The molecule has 0 spiro atoms. The summed E-state index contributed by atoms with van der Waals surface area (Å²) in [7, 11) is 0. The molecule has 0 aromatic carbocycles. The second-order valence-corrected chi connectivity index (χ2v) is 4.85. The van der Waals surface area contributed by atoms with Gasteiger partial charge in [-0.3, -0.25) is 4.79 Å². The lowest BCUT2D eigenvalue weighted by Crippen LogP contribution is -2.43. The Hall–Kier alpha value is -1.36. The van der Waals surface area contributed by atoms with Crippen molar-refractivity contribution in [3.05, 3.63) is 17.5 Å². The van der Waals surface area contributed by atoms with Crippen LogP contribution < -0.4 is 0 Å². The summed E-state index contributed by atoms with van der Waals surface area (Å²) in [6.45, 7) is 2.13. The topological polar surface area (TPSA) is 66.6 Å². The number of carbonyl (C=O) groups excluding carboxylic acids is 1. The van der Waals surface area contributed by atoms with E-state index in [0.717, 1.165) is 25.7 Å². The standard InChI is InChI=1S/C13H20N2O3/c1-10-9-12(18-14-10)13(17)15(7-8-16)11-5-3-2-4-6-11/h9,11,16H,2-8H2,1H3. The first-order valence-corrected chi connectivity index (χ1v) is 6.57. The first-order chi connectivity index (χ1) is 8.72. The van der Waals surface area contributed by atoms with Gasteiger partial charge in [0.15, 0.2) is 0 Å². The van der Waals surface area contributed by atoms with Crippen LogP contribution >= 0.6 is 0 Å². The predicted molar refractivity (Wildman–Crippen MR) is 66.2 cm³/mol. The molecule has 100 valence electrons. The summed E-state index contributed by atoms with van der Waals surface area (Å²) in [6, 6.07) is 1.87. The van der Waals surface area contributed by atoms with E-state index < -0.39 is 0 Å². The molecule has 0 bridgehead atoms. The zero-order valence-electron chi connectivity index (χ0n) is 10.8. The highest BCUT2D eigenvalue weighted by Gasteiger charge is 2.27.